The number of benzene rings is 4. The number of carbonyl (C=O) groups excluding carboxylic acids is 1. The second-order valence-corrected chi connectivity index (χ2v) is 20.6. The fourth-order valence-corrected chi connectivity index (χ4v) is 10.6. The van der Waals surface area contributed by atoms with Crippen molar-refractivity contribution >= 4 is 70.6 Å². The van der Waals surface area contributed by atoms with E-state index in [2.05, 4.69) is 47.6 Å². The molecule has 0 aromatic heterocycles. The maximum Gasteiger partial charge on any atom is 0.303 e. The zero-order chi connectivity index (χ0) is 47.9. The van der Waals surface area contributed by atoms with Crippen LogP contribution in [0, 0.1) is 0 Å². The van der Waals surface area contributed by atoms with Gasteiger partial charge in [0.2, 0.25) is 5.69 Å². The van der Waals surface area contributed by atoms with E-state index in [0.29, 0.717) is 62.9 Å². The summed E-state index contributed by atoms with van der Waals surface area (Å²) in [5.74, 6) is -1.15. The molecule has 1 atom stereocenters. The highest BCUT2D eigenvalue weighted by Crippen LogP contribution is 2.53. The molecule has 2 aliphatic heterocycles. The maximum atomic E-state index is 13.0. The number of methoxy groups -OCH3 is 2. The van der Waals surface area contributed by atoms with E-state index in [-0.39, 0.29) is 23.5 Å². The van der Waals surface area contributed by atoms with Crippen LogP contribution in [0.15, 0.2) is 114 Å². The quantitative estimate of drug-likeness (QED) is 0.0210. The number of aliphatic carboxylic acids is 1. The fraction of sp³-hybridized carbons (Fsp3) is 0.392. The van der Waals surface area contributed by atoms with Gasteiger partial charge in [0, 0.05) is 86.7 Å². The summed E-state index contributed by atoms with van der Waals surface area (Å²) >= 11 is 0. The normalized spacial score (nSPS) is 18.0. The van der Waals surface area contributed by atoms with Crippen molar-refractivity contribution in [3.05, 3.63) is 126 Å². The third kappa shape index (κ3) is 11.3. The number of rotatable bonds is 23. The fourth-order valence-electron chi connectivity index (χ4n) is 9.61. The van der Waals surface area contributed by atoms with Crippen LogP contribution in [0.5, 0.6) is 0 Å². The number of anilines is 1. The summed E-state index contributed by atoms with van der Waals surface area (Å²) in [7, 11) is -5.45. The predicted molar refractivity (Wildman–Crippen MR) is 260 cm³/mol. The highest BCUT2D eigenvalue weighted by atomic mass is 32.2. The van der Waals surface area contributed by atoms with Crippen molar-refractivity contribution in [2.24, 2.45) is 0 Å². The molecule has 0 saturated carbocycles. The number of Topliss-reactive ketones (excluding diaryl/α,β-unsaturated/α-hetero) is 1. The summed E-state index contributed by atoms with van der Waals surface area (Å²) in [4.78, 5) is 26.1. The van der Waals surface area contributed by atoms with Crippen LogP contribution in [0.3, 0.4) is 0 Å². The average Bonchev–Trinajstić information content (AvgIpc) is 3.62. The minimum absolute atomic E-state index is 0.0816. The number of nitrogens with zero attached hydrogens (tertiary/aromatic N) is 2. The molecule has 13 nitrogen and oxygen atoms in total. The number of allylic oxidation sites excluding steroid dienone is 8. The lowest BCUT2D eigenvalue weighted by Crippen LogP contribution is -2.31. The zero-order valence-electron chi connectivity index (χ0n) is 38.3. The van der Waals surface area contributed by atoms with Gasteiger partial charge in [-0.15, -0.1) is 0 Å². The Morgan fingerprint density at radius 2 is 1.42 bits per heavy atom. The smallest absolute Gasteiger partial charge is 0.303 e. The predicted octanol–water partition coefficient (Wildman–Crippen LogP) is 9.52. The summed E-state index contributed by atoms with van der Waals surface area (Å²) < 4.78 is 80.2. The SMILES string of the molecule is COCCCC(=O)c1ccc2c3c(ccc2c1)[N+](CCCCCC(=O)O)=C(C=CC=CC=CC=C1N(CCOC)c2ccc4cc(S(=O)(=O)O)ccc4c2C1(C)CCCS(=O)(=O)O)C3(C)C. The summed E-state index contributed by atoms with van der Waals surface area (Å²) in [5.41, 5.74) is 5.43. The summed E-state index contributed by atoms with van der Waals surface area (Å²) in [6.45, 7) is 8.51. The van der Waals surface area contributed by atoms with Gasteiger partial charge in [0.25, 0.3) is 20.2 Å². The first-order valence-corrected chi connectivity index (χ1v) is 25.3. The van der Waals surface area contributed by atoms with E-state index in [1.54, 1.807) is 26.4 Å². The molecule has 0 bridgehead atoms. The van der Waals surface area contributed by atoms with E-state index >= 15 is 0 Å². The second-order valence-electron chi connectivity index (χ2n) is 17.6. The Labute approximate surface area is 388 Å². The second kappa shape index (κ2) is 21.1. The summed E-state index contributed by atoms with van der Waals surface area (Å²) in [5, 5.41) is 12.6. The molecule has 1 unspecified atom stereocenters. The van der Waals surface area contributed by atoms with Crippen LogP contribution < -0.4 is 4.90 Å². The van der Waals surface area contributed by atoms with Gasteiger partial charge in [0.05, 0.1) is 22.7 Å². The molecule has 4 aromatic carbocycles. The van der Waals surface area contributed by atoms with Gasteiger partial charge in [-0.3, -0.25) is 18.7 Å². The Hall–Kier alpha value is -5.29. The lowest BCUT2D eigenvalue weighted by Gasteiger charge is -2.30. The topological polar surface area (TPSA) is 188 Å². The van der Waals surface area contributed by atoms with E-state index < -0.39 is 42.8 Å². The highest BCUT2D eigenvalue weighted by Gasteiger charge is 2.46. The first-order chi connectivity index (χ1) is 31.3. The van der Waals surface area contributed by atoms with E-state index in [1.165, 1.54) is 17.7 Å². The molecule has 6 rings (SSSR count). The van der Waals surface area contributed by atoms with E-state index in [9.17, 15) is 40.6 Å². The minimum atomic E-state index is -4.46. The number of fused-ring (bicyclic) bond motifs is 6. The average molecular weight is 942 g/mol. The van der Waals surface area contributed by atoms with Crippen LogP contribution >= 0.6 is 0 Å². The minimum Gasteiger partial charge on any atom is -0.481 e. The maximum absolute atomic E-state index is 13.0. The molecule has 2 heterocycles. The monoisotopic (exact) mass is 941 g/mol. The third-order valence-electron chi connectivity index (χ3n) is 12.7. The lowest BCUT2D eigenvalue weighted by molar-refractivity contribution is -0.438. The van der Waals surface area contributed by atoms with Gasteiger partial charge in [-0.2, -0.15) is 21.4 Å². The van der Waals surface area contributed by atoms with Crippen molar-refractivity contribution in [2.45, 2.75) is 87.9 Å². The van der Waals surface area contributed by atoms with Gasteiger partial charge in [0.15, 0.2) is 11.5 Å². The van der Waals surface area contributed by atoms with Crippen LogP contribution in [0.1, 0.15) is 93.6 Å². The number of carboxylic acids is 1. The Morgan fingerprint density at radius 3 is 2.14 bits per heavy atom. The Morgan fingerprint density at radius 1 is 0.742 bits per heavy atom. The van der Waals surface area contributed by atoms with E-state index in [1.807, 2.05) is 61.6 Å². The summed E-state index contributed by atoms with van der Waals surface area (Å²) in [6, 6.07) is 18.3. The number of unbranched alkanes of at least 4 members (excludes halogenated alkanes) is 2. The van der Waals surface area contributed by atoms with Crippen molar-refractivity contribution < 1.29 is 54.7 Å². The van der Waals surface area contributed by atoms with Crippen molar-refractivity contribution in [1.29, 1.82) is 0 Å². The molecule has 66 heavy (non-hydrogen) atoms. The standard InChI is InChI=1S/C51H60N2O11S2/c1-50(2)45(52(29-13-9-12-19-47(55)56)42-26-21-36-34-38(20-24-40(36)48(42)50)44(54)16-14-31-63-4)17-10-7-6-8-11-18-46-51(3,28-15-33-65(57,58)59)49-41-25-23-39(66(60,61)62)35-37(41)22-27-43(49)53(46)30-32-64-5/h6-8,10-11,17-18,20-27,34-35H,9,12-16,19,28-33H2,1-5H3,(H2-,55,56,57,58,59,60,61,62)/p+1. The molecule has 0 radical (unpaired) electrons. The highest BCUT2D eigenvalue weighted by molar-refractivity contribution is 7.86. The molecular weight excluding hydrogens is 881 g/mol. The number of carbonyl (C=O) groups is 2. The first kappa shape index (κ1) is 50.1. The first-order valence-electron chi connectivity index (χ1n) is 22.3. The van der Waals surface area contributed by atoms with Gasteiger partial charge in [-0.25, -0.2) is 0 Å². The van der Waals surface area contributed by atoms with Gasteiger partial charge in [-0.1, -0.05) is 54.6 Å². The summed E-state index contributed by atoms with van der Waals surface area (Å²) in [6.07, 6.45) is 17.7. The molecule has 0 saturated heterocycles. The van der Waals surface area contributed by atoms with E-state index in [0.717, 1.165) is 57.3 Å². The van der Waals surface area contributed by atoms with Crippen LogP contribution in [-0.2, 0) is 45.3 Å². The van der Waals surface area contributed by atoms with Crippen LogP contribution in [0.4, 0.5) is 11.4 Å². The molecule has 0 aliphatic carbocycles. The van der Waals surface area contributed by atoms with Crippen molar-refractivity contribution in [3.63, 3.8) is 0 Å². The number of carboxylic acid groups (broad SMARTS) is 1. The van der Waals surface area contributed by atoms with E-state index in [4.69, 9.17) is 9.47 Å². The third-order valence-corrected chi connectivity index (χ3v) is 14.4. The van der Waals surface area contributed by atoms with Crippen molar-refractivity contribution in [3.8, 4) is 0 Å². The van der Waals surface area contributed by atoms with Crippen molar-refractivity contribution in [1.82, 2.24) is 0 Å². The number of hydrogen-bond acceptors (Lipinski definition) is 9. The lowest BCUT2D eigenvalue weighted by atomic mass is 9.76. The largest absolute Gasteiger partial charge is 0.481 e. The molecular formula is C51H61N2O11S2+. The van der Waals surface area contributed by atoms with Crippen LogP contribution in [0.2, 0.25) is 0 Å². The van der Waals surface area contributed by atoms with Crippen LogP contribution in [0.25, 0.3) is 21.5 Å². The Balaban J connectivity index is 1.32. The van der Waals surface area contributed by atoms with Gasteiger partial charge < -0.3 is 19.5 Å². The molecule has 3 N–H and O–H groups in total. The van der Waals surface area contributed by atoms with Crippen molar-refractivity contribution in [2.75, 3.05) is 51.2 Å². The number of ether oxygens (including phenoxy) is 2. The molecule has 2 aliphatic rings. The Bertz CT molecular complexity index is 2880. The van der Waals surface area contributed by atoms with Gasteiger partial charge in [0.1, 0.15) is 6.54 Å². The molecule has 0 spiro atoms. The molecule has 4 aromatic rings. The van der Waals surface area contributed by atoms with Gasteiger partial charge in [-0.05, 0) is 116 Å². The molecule has 352 valence electrons. The Kier molecular flexibility index (Phi) is 16.0. The van der Waals surface area contributed by atoms with Gasteiger partial charge >= 0.3 is 5.97 Å². The molecule has 15 heteroatoms. The molecule has 0 amide bonds. The molecule has 0 fully saturated rings. The number of ketones is 1. The zero-order valence-corrected chi connectivity index (χ0v) is 40.0. The van der Waals surface area contributed by atoms with Crippen LogP contribution in [-0.4, -0.2) is 99.4 Å². The number of hydrogen-bond donors (Lipinski definition) is 3.